The van der Waals surface area contributed by atoms with Gasteiger partial charge in [-0.15, -0.1) is 0 Å². The summed E-state index contributed by atoms with van der Waals surface area (Å²) in [5.74, 6) is 3.04. The van der Waals surface area contributed by atoms with Gasteiger partial charge in [-0.3, -0.25) is 9.56 Å². The maximum absolute atomic E-state index is 12.4. The fourth-order valence-corrected chi connectivity index (χ4v) is 3.47. The number of rotatable bonds is 9. The molecule has 164 valence electrons. The maximum atomic E-state index is 12.4. The Labute approximate surface area is 177 Å². The lowest BCUT2D eigenvalue weighted by molar-refractivity contribution is 0.213. The largest absolute Gasteiger partial charge is 0.493 e. The van der Waals surface area contributed by atoms with E-state index < -0.39 is 0 Å². The van der Waals surface area contributed by atoms with E-state index in [0.29, 0.717) is 37.1 Å². The number of aromatic nitrogens is 3. The summed E-state index contributed by atoms with van der Waals surface area (Å²) in [5.41, 5.74) is 0.00882. The van der Waals surface area contributed by atoms with Crippen LogP contribution in [0, 0.1) is 0 Å². The van der Waals surface area contributed by atoms with Gasteiger partial charge in [0.05, 0.1) is 13.7 Å². The molecule has 1 aromatic heterocycles. The molecule has 0 radical (unpaired) electrons. The zero-order valence-corrected chi connectivity index (χ0v) is 18.1. The number of nitrogens with one attached hydrogen (secondary N) is 2. The number of para-hydroxylation sites is 2. The first-order valence-electron chi connectivity index (χ1n) is 10.5. The molecule has 0 bridgehead atoms. The number of aryl methyl sites for hydroxylation is 2. The Kier molecular flexibility index (Phi) is 7.75. The smallest absolute Gasteiger partial charge is 0.345 e. The number of guanidine groups is 1. The molecule has 1 atom stereocenters. The minimum Gasteiger partial charge on any atom is -0.493 e. The maximum Gasteiger partial charge on any atom is 0.345 e. The second kappa shape index (κ2) is 10.7. The first kappa shape index (κ1) is 21.7. The lowest BCUT2D eigenvalue weighted by Crippen LogP contribution is -2.42. The van der Waals surface area contributed by atoms with Crippen LogP contribution in [-0.2, 0) is 19.5 Å². The molecule has 0 fully saturated rings. The molecule has 2 heterocycles. The average Bonchev–Trinajstić information content (AvgIpc) is 3.09. The van der Waals surface area contributed by atoms with Crippen LogP contribution in [0.4, 0.5) is 0 Å². The van der Waals surface area contributed by atoms with Crippen LogP contribution in [0.15, 0.2) is 34.1 Å². The van der Waals surface area contributed by atoms with Crippen molar-refractivity contribution < 1.29 is 9.47 Å². The van der Waals surface area contributed by atoms with Gasteiger partial charge < -0.3 is 20.1 Å². The van der Waals surface area contributed by atoms with Gasteiger partial charge in [0, 0.05) is 33.1 Å². The van der Waals surface area contributed by atoms with Crippen molar-refractivity contribution in [2.45, 2.75) is 51.8 Å². The molecular weight excluding hydrogens is 384 g/mol. The Balaban J connectivity index is 1.40. The number of fused-ring (bicyclic) bond motifs is 1. The molecule has 30 heavy (non-hydrogen) atoms. The summed E-state index contributed by atoms with van der Waals surface area (Å²) < 4.78 is 14.7. The summed E-state index contributed by atoms with van der Waals surface area (Å²) in [6.07, 6.45) is 3.77. The van der Waals surface area contributed by atoms with Gasteiger partial charge in [-0.2, -0.15) is 5.10 Å². The highest BCUT2D eigenvalue weighted by molar-refractivity contribution is 5.79. The minimum atomic E-state index is -0.0738. The second-order valence-electron chi connectivity index (χ2n) is 7.34. The zero-order valence-electron chi connectivity index (χ0n) is 18.1. The predicted molar refractivity (Wildman–Crippen MR) is 116 cm³/mol. The van der Waals surface area contributed by atoms with Gasteiger partial charge in [0.1, 0.15) is 11.9 Å². The molecule has 2 aromatic rings. The fourth-order valence-electron chi connectivity index (χ4n) is 3.47. The van der Waals surface area contributed by atoms with Crippen LogP contribution in [0.1, 0.15) is 32.0 Å². The Morgan fingerprint density at radius 2 is 2.07 bits per heavy atom. The fraction of sp³-hybridized carbons (Fsp3) is 0.571. The van der Waals surface area contributed by atoms with Gasteiger partial charge in [-0.05, 0) is 38.3 Å². The van der Waals surface area contributed by atoms with Gasteiger partial charge in [0.15, 0.2) is 17.5 Å². The SMILES string of the molecule is CN=C(NCCCn1nc2n(c1=O)CCCC2)NCC(C)Oc1ccccc1OC. The number of nitrogens with zero attached hydrogens (tertiary/aromatic N) is 4. The Morgan fingerprint density at radius 1 is 1.27 bits per heavy atom. The lowest BCUT2D eigenvalue weighted by Gasteiger charge is -2.19. The zero-order chi connectivity index (χ0) is 21.3. The molecule has 1 aliphatic rings. The van der Waals surface area contributed by atoms with E-state index in [2.05, 4.69) is 20.7 Å². The molecular formula is C21H32N6O3. The molecule has 1 unspecified atom stereocenters. The Hall–Kier alpha value is -2.97. The van der Waals surface area contributed by atoms with E-state index in [4.69, 9.17) is 9.47 Å². The molecule has 0 aliphatic carbocycles. The number of ether oxygens (including phenoxy) is 2. The van der Waals surface area contributed by atoms with E-state index in [1.165, 1.54) is 0 Å². The molecule has 0 saturated heterocycles. The number of methoxy groups -OCH3 is 1. The van der Waals surface area contributed by atoms with Crippen LogP contribution in [-0.4, -0.2) is 53.7 Å². The predicted octanol–water partition coefficient (Wildman–Crippen LogP) is 1.41. The van der Waals surface area contributed by atoms with Crippen LogP contribution in [0.5, 0.6) is 11.5 Å². The van der Waals surface area contributed by atoms with Crippen molar-refractivity contribution in [3.8, 4) is 11.5 Å². The minimum absolute atomic E-state index is 0.00882. The summed E-state index contributed by atoms with van der Waals surface area (Å²) in [4.78, 5) is 16.6. The molecule has 0 saturated carbocycles. The van der Waals surface area contributed by atoms with Crippen molar-refractivity contribution in [1.82, 2.24) is 25.0 Å². The molecule has 9 nitrogen and oxygen atoms in total. The van der Waals surface area contributed by atoms with Crippen molar-refractivity contribution in [1.29, 1.82) is 0 Å². The summed E-state index contributed by atoms with van der Waals surface area (Å²) in [7, 11) is 3.36. The van der Waals surface area contributed by atoms with Gasteiger partial charge in [-0.1, -0.05) is 12.1 Å². The van der Waals surface area contributed by atoms with Crippen molar-refractivity contribution in [3.63, 3.8) is 0 Å². The van der Waals surface area contributed by atoms with Gasteiger partial charge in [0.25, 0.3) is 0 Å². The first-order valence-corrected chi connectivity index (χ1v) is 10.5. The van der Waals surface area contributed by atoms with Crippen molar-refractivity contribution in [2.24, 2.45) is 4.99 Å². The third-order valence-corrected chi connectivity index (χ3v) is 5.05. The van der Waals surface area contributed by atoms with Crippen LogP contribution in [0.25, 0.3) is 0 Å². The molecule has 3 rings (SSSR count). The van der Waals surface area contributed by atoms with Gasteiger partial charge >= 0.3 is 5.69 Å². The summed E-state index contributed by atoms with van der Waals surface area (Å²) in [6.45, 7) is 4.65. The highest BCUT2D eigenvalue weighted by atomic mass is 16.5. The number of hydrogen-bond donors (Lipinski definition) is 2. The second-order valence-corrected chi connectivity index (χ2v) is 7.34. The monoisotopic (exact) mass is 416 g/mol. The van der Waals surface area contributed by atoms with Crippen molar-refractivity contribution >= 4 is 5.96 Å². The summed E-state index contributed by atoms with van der Waals surface area (Å²) in [5, 5.41) is 11.0. The molecule has 0 spiro atoms. The van der Waals surface area contributed by atoms with E-state index in [1.54, 1.807) is 23.4 Å². The van der Waals surface area contributed by atoms with E-state index in [1.807, 2.05) is 31.2 Å². The normalized spacial score (nSPS) is 14.7. The van der Waals surface area contributed by atoms with E-state index >= 15 is 0 Å². The summed E-state index contributed by atoms with van der Waals surface area (Å²) >= 11 is 0. The quantitative estimate of drug-likeness (QED) is 0.365. The van der Waals surface area contributed by atoms with E-state index in [9.17, 15) is 4.79 Å². The van der Waals surface area contributed by atoms with Crippen molar-refractivity contribution in [2.75, 3.05) is 27.2 Å². The number of hydrogen-bond acceptors (Lipinski definition) is 5. The third-order valence-electron chi connectivity index (χ3n) is 5.05. The van der Waals surface area contributed by atoms with Crippen LogP contribution < -0.4 is 25.8 Å². The summed E-state index contributed by atoms with van der Waals surface area (Å²) in [6, 6.07) is 7.59. The van der Waals surface area contributed by atoms with Gasteiger partial charge in [0.2, 0.25) is 0 Å². The van der Waals surface area contributed by atoms with Crippen LogP contribution in [0.2, 0.25) is 0 Å². The highest BCUT2D eigenvalue weighted by Gasteiger charge is 2.16. The lowest BCUT2D eigenvalue weighted by atomic mass is 10.2. The Bertz CT molecular complexity index is 904. The van der Waals surface area contributed by atoms with Crippen LogP contribution in [0.3, 0.4) is 0 Å². The number of benzene rings is 1. The molecule has 0 amide bonds. The van der Waals surface area contributed by atoms with E-state index in [0.717, 1.165) is 38.1 Å². The molecule has 1 aliphatic heterocycles. The topological polar surface area (TPSA) is 94.7 Å². The highest BCUT2D eigenvalue weighted by Crippen LogP contribution is 2.26. The molecule has 2 N–H and O–H groups in total. The molecule has 9 heteroatoms. The van der Waals surface area contributed by atoms with E-state index in [-0.39, 0.29) is 11.8 Å². The molecule has 1 aromatic carbocycles. The van der Waals surface area contributed by atoms with Crippen LogP contribution >= 0.6 is 0 Å². The van der Waals surface area contributed by atoms with Crippen molar-refractivity contribution in [3.05, 3.63) is 40.6 Å². The number of aliphatic imine (C=N–C) groups is 1. The standard InChI is InChI=1S/C21H32N6O3/c1-16(30-18-10-5-4-9-17(18)29-3)15-24-20(22-2)23-12-8-14-27-21(28)26-13-7-6-11-19(26)25-27/h4-5,9-10,16H,6-8,11-15H2,1-3H3,(H2,22,23,24). The van der Waals surface area contributed by atoms with Gasteiger partial charge in [-0.25, -0.2) is 9.48 Å². The Morgan fingerprint density at radius 3 is 2.80 bits per heavy atom. The average molecular weight is 417 g/mol. The first-order chi connectivity index (χ1) is 14.6. The third kappa shape index (κ3) is 5.55.